The van der Waals surface area contributed by atoms with Crippen LogP contribution >= 0.6 is 24.8 Å². The van der Waals surface area contributed by atoms with Crippen LogP contribution in [0.5, 0.6) is 17.8 Å². The highest BCUT2D eigenvalue weighted by atomic mass is 35.5. The first-order valence-electron chi connectivity index (χ1n) is 15.9. The topological polar surface area (TPSA) is 98.7 Å². The normalized spacial score (nSPS) is 20.3. The first kappa shape index (κ1) is 39.4. The fourth-order valence-electron chi connectivity index (χ4n) is 7.00. The predicted octanol–water partition coefficient (Wildman–Crippen LogP) is 4.43. The number of carbonyl (C=O) groups is 1. The molecule has 1 aromatic heterocycles. The second-order valence-electron chi connectivity index (χ2n) is 12.2. The second kappa shape index (κ2) is 17.7. The van der Waals surface area contributed by atoms with E-state index in [4.69, 9.17) is 23.7 Å². The number of rotatable bonds is 10. The Morgan fingerprint density at radius 3 is 2.08 bits per heavy atom. The highest BCUT2D eigenvalue weighted by Crippen LogP contribution is 2.38. The van der Waals surface area contributed by atoms with Crippen molar-refractivity contribution in [2.45, 2.75) is 30.7 Å². The Morgan fingerprint density at radius 2 is 1.50 bits per heavy atom. The predicted molar refractivity (Wildman–Crippen MR) is 182 cm³/mol. The van der Waals surface area contributed by atoms with Crippen LogP contribution in [0.2, 0.25) is 0 Å². The fourth-order valence-corrected chi connectivity index (χ4v) is 7.00. The molecule has 3 fully saturated rings. The van der Waals surface area contributed by atoms with E-state index in [9.17, 15) is 18.0 Å². The average molecular weight is 745 g/mol. The molecule has 0 saturated carbocycles. The Hall–Kier alpha value is -3.40. The van der Waals surface area contributed by atoms with Crippen LogP contribution in [-0.2, 0) is 20.8 Å². The molecule has 3 aromatic rings. The summed E-state index contributed by atoms with van der Waals surface area (Å²) in [6.07, 6.45) is -4.58. The lowest BCUT2D eigenvalue weighted by Gasteiger charge is -2.54. The average Bonchev–Trinajstić information content (AvgIpc) is 3.11. The Morgan fingerprint density at radius 1 is 0.880 bits per heavy atom. The lowest BCUT2D eigenvalue weighted by Crippen LogP contribution is -2.67. The molecule has 1 amide bonds. The van der Waals surface area contributed by atoms with Crippen molar-refractivity contribution in [2.75, 3.05) is 73.6 Å². The summed E-state index contributed by atoms with van der Waals surface area (Å²) in [4.78, 5) is 28.5. The monoisotopic (exact) mass is 743 g/mol. The molecule has 3 aliphatic heterocycles. The number of nitrogens with zero attached hydrogens (tertiary/aromatic N) is 5. The van der Waals surface area contributed by atoms with Gasteiger partial charge in [-0.25, -0.2) is 0 Å². The van der Waals surface area contributed by atoms with Crippen molar-refractivity contribution in [3.8, 4) is 17.8 Å². The molecule has 0 radical (unpaired) electrons. The molecule has 2 atom stereocenters. The third-order valence-electron chi connectivity index (χ3n) is 9.08. The van der Waals surface area contributed by atoms with Crippen molar-refractivity contribution < 1.29 is 41.7 Å². The maximum Gasteiger partial charge on any atom is 0.422 e. The lowest BCUT2D eigenvalue weighted by molar-refractivity contribution is -0.164. The number of amides is 1. The van der Waals surface area contributed by atoms with Gasteiger partial charge in [0.15, 0.2) is 6.61 Å². The van der Waals surface area contributed by atoms with Gasteiger partial charge >= 0.3 is 12.2 Å². The molecular formula is C34H42Cl2F3N5O6. The zero-order chi connectivity index (χ0) is 33.7. The van der Waals surface area contributed by atoms with Gasteiger partial charge in [0.05, 0.1) is 38.9 Å². The number of methoxy groups -OCH3 is 2. The van der Waals surface area contributed by atoms with Crippen molar-refractivity contribution in [2.24, 2.45) is 5.92 Å². The van der Waals surface area contributed by atoms with Crippen molar-refractivity contribution in [3.05, 3.63) is 77.4 Å². The molecular weight excluding hydrogens is 702 g/mol. The number of piperazine rings is 2. The standard InChI is InChI=1S/C34H40F3N5O6.2ClH/c1-44-30-27(31(39-33(38-30)45-2)48-21-34(35,36)37)17-40-15-26-16-41(32(43)25-19-46-22-47-20-25)13-14-42(26)28(18-40)29(23-9-5-3-6-10-23)24-11-7-4-8-12-24;;/h3-12,25-26,28-29H,13-22H2,1-2H3;2*1H. The summed E-state index contributed by atoms with van der Waals surface area (Å²) in [5.41, 5.74) is 2.57. The van der Waals surface area contributed by atoms with Gasteiger partial charge in [-0.1, -0.05) is 60.7 Å². The van der Waals surface area contributed by atoms with Crippen molar-refractivity contribution >= 4 is 30.7 Å². The molecule has 0 N–H and O–H groups in total. The minimum atomic E-state index is -4.58. The highest BCUT2D eigenvalue weighted by Gasteiger charge is 2.44. The van der Waals surface area contributed by atoms with Crippen LogP contribution in [0.4, 0.5) is 13.2 Å². The SMILES string of the molecule is COc1nc(OC)c(CN2CC3CN(C(=O)C4COCOC4)CCN3C(C(c3ccccc3)c3ccccc3)C2)c(OCC(F)(F)F)n1.Cl.Cl. The summed E-state index contributed by atoms with van der Waals surface area (Å²) in [6.45, 7) is 2.24. The zero-order valence-corrected chi connectivity index (χ0v) is 29.4. The minimum Gasteiger partial charge on any atom is -0.481 e. The Labute approximate surface area is 301 Å². The van der Waals surface area contributed by atoms with Crippen LogP contribution in [0.25, 0.3) is 0 Å². The van der Waals surface area contributed by atoms with Crippen LogP contribution in [-0.4, -0.2) is 122 Å². The molecule has 4 heterocycles. The molecule has 0 spiro atoms. The van der Waals surface area contributed by atoms with Gasteiger partial charge in [0.25, 0.3) is 0 Å². The summed E-state index contributed by atoms with van der Waals surface area (Å²) < 4.78 is 66.6. The van der Waals surface area contributed by atoms with E-state index in [1.54, 1.807) is 0 Å². The highest BCUT2D eigenvalue weighted by molar-refractivity contribution is 5.85. The number of halogens is 5. The Balaban J connectivity index is 0.00000281. The number of benzene rings is 2. The molecule has 6 rings (SSSR count). The van der Waals surface area contributed by atoms with Gasteiger partial charge in [-0.15, -0.1) is 24.8 Å². The van der Waals surface area contributed by atoms with Crippen LogP contribution in [0.1, 0.15) is 22.6 Å². The van der Waals surface area contributed by atoms with Gasteiger partial charge in [0.2, 0.25) is 17.7 Å². The van der Waals surface area contributed by atoms with Gasteiger partial charge in [-0.2, -0.15) is 23.1 Å². The van der Waals surface area contributed by atoms with E-state index >= 15 is 0 Å². The lowest BCUT2D eigenvalue weighted by atomic mass is 9.81. The second-order valence-corrected chi connectivity index (χ2v) is 12.2. The van der Waals surface area contributed by atoms with Crippen molar-refractivity contribution in [3.63, 3.8) is 0 Å². The molecule has 3 saturated heterocycles. The summed E-state index contributed by atoms with van der Waals surface area (Å²) in [7, 11) is 2.71. The third-order valence-corrected chi connectivity index (χ3v) is 9.08. The molecule has 2 aromatic carbocycles. The fraction of sp³-hybridized carbons (Fsp3) is 0.500. The molecule has 11 nitrogen and oxygen atoms in total. The molecule has 0 bridgehead atoms. The van der Waals surface area contributed by atoms with E-state index in [1.807, 2.05) is 41.3 Å². The number of ether oxygens (including phenoxy) is 5. The number of aromatic nitrogens is 2. The van der Waals surface area contributed by atoms with E-state index < -0.39 is 12.8 Å². The molecule has 274 valence electrons. The van der Waals surface area contributed by atoms with Crippen LogP contribution in [0, 0.1) is 5.92 Å². The smallest absolute Gasteiger partial charge is 0.422 e. The molecule has 2 unspecified atom stereocenters. The van der Waals surface area contributed by atoms with Gasteiger partial charge in [0.1, 0.15) is 6.79 Å². The number of carbonyl (C=O) groups excluding carboxylic acids is 1. The van der Waals surface area contributed by atoms with Crippen LogP contribution < -0.4 is 14.2 Å². The summed E-state index contributed by atoms with van der Waals surface area (Å²) in [6, 6.07) is 20.3. The summed E-state index contributed by atoms with van der Waals surface area (Å²) >= 11 is 0. The molecule has 50 heavy (non-hydrogen) atoms. The van der Waals surface area contributed by atoms with Gasteiger partial charge < -0.3 is 28.6 Å². The number of fused-ring (bicyclic) bond motifs is 1. The summed E-state index contributed by atoms with van der Waals surface area (Å²) in [5, 5.41) is 0. The number of hydrogen-bond donors (Lipinski definition) is 0. The number of hydrogen-bond acceptors (Lipinski definition) is 10. The zero-order valence-electron chi connectivity index (χ0n) is 27.8. The Kier molecular flexibility index (Phi) is 13.9. The minimum absolute atomic E-state index is 0. The largest absolute Gasteiger partial charge is 0.481 e. The van der Waals surface area contributed by atoms with Gasteiger partial charge in [-0.05, 0) is 11.1 Å². The van der Waals surface area contributed by atoms with Crippen molar-refractivity contribution in [1.29, 1.82) is 0 Å². The molecule has 3 aliphatic rings. The van der Waals surface area contributed by atoms with Crippen LogP contribution in [0.15, 0.2) is 60.7 Å². The van der Waals surface area contributed by atoms with E-state index in [0.717, 1.165) is 11.1 Å². The quantitative estimate of drug-likeness (QED) is 0.297. The first-order valence-corrected chi connectivity index (χ1v) is 15.9. The maximum absolute atomic E-state index is 13.6. The van der Waals surface area contributed by atoms with Gasteiger partial charge in [-0.3, -0.25) is 14.6 Å². The first-order chi connectivity index (χ1) is 23.2. The number of alkyl halides is 3. The van der Waals surface area contributed by atoms with Gasteiger partial charge in [0, 0.05) is 57.3 Å². The third kappa shape index (κ3) is 9.28. The molecule has 0 aliphatic carbocycles. The van der Waals surface area contributed by atoms with Crippen molar-refractivity contribution in [1.82, 2.24) is 24.7 Å². The Bertz CT molecular complexity index is 1480. The van der Waals surface area contributed by atoms with Crippen LogP contribution in [0.3, 0.4) is 0 Å². The van der Waals surface area contributed by atoms with E-state index in [2.05, 4.69) is 44.0 Å². The summed E-state index contributed by atoms with van der Waals surface area (Å²) in [5.74, 6) is -0.584. The van der Waals surface area contributed by atoms with E-state index in [1.165, 1.54) is 14.2 Å². The molecule has 16 heteroatoms. The van der Waals surface area contributed by atoms with E-state index in [0.29, 0.717) is 45.9 Å². The maximum atomic E-state index is 13.6. The van der Waals surface area contributed by atoms with E-state index in [-0.39, 0.29) is 91.3 Å².